The zero-order valence-electron chi connectivity index (χ0n) is 18.9. The van der Waals surface area contributed by atoms with E-state index in [1.54, 1.807) is 42.5 Å². The van der Waals surface area contributed by atoms with Crippen molar-refractivity contribution in [1.29, 1.82) is 0 Å². The molecule has 0 aromatic heterocycles. The fraction of sp³-hybridized carbons (Fsp3) is 0.192. The second kappa shape index (κ2) is 12.2. The number of esters is 1. The number of hydrazone groups is 1. The predicted molar refractivity (Wildman–Crippen MR) is 126 cm³/mol. The van der Waals surface area contributed by atoms with E-state index in [0.717, 1.165) is 6.42 Å². The summed E-state index contributed by atoms with van der Waals surface area (Å²) in [4.78, 5) is 24.6. The van der Waals surface area contributed by atoms with Crippen LogP contribution in [0.25, 0.3) is 0 Å². The average molecular weight is 464 g/mol. The molecule has 0 heterocycles. The molecule has 0 unspecified atom stereocenters. The molecule has 34 heavy (non-hydrogen) atoms. The van der Waals surface area contributed by atoms with Gasteiger partial charge in [0.05, 0.1) is 25.0 Å². The summed E-state index contributed by atoms with van der Waals surface area (Å²) in [5, 5.41) is 3.92. The van der Waals surface area contributed by atoms with E-state index in [0.29, 0.717) is 35.8 Å². The minimum atomic E-state index is -0.532. The van der Waals surface area contributed by atoms with Gasteiger partial charge in [0, 0.05) is 5.56 Å². The van der Waals surface area contributed by atoms with Crippen LogP contribution in [0, 0.1) is 5.82 Å². The van der Waals surface area contributed by atoms with Crippen molar-refractivity contribution in [3.63, 3.8) is 0 Å². The Bertz CT molecular complexity index is 1140. The summed E-state index contributed by atoms with van der Waals surface area (Å²) in [7, 11) is 0. The van der Waals surface area contributed by atoms with Crippen LogP contribution in [0.2, 0.25) is 0 Å². The molecule has 0 aliphatic heterocycles. The third kappa shape index (κ3) is 6.90. The van der Waals surface area contributed by atoms with Gasteiger partial charge in [-0.05, 0) is 85.6 Å². The molecular formula is C26H25FN2O5. The van der Waals surface area contributed by atoms with Crippen molar-refractivity contribution < 1.29 is 28.2 Å². The molecule has 0 saturated carbocycles. The first-order valence-electron chi connectivity index (χ1n) is 10.8. The lowest BCUT2D eigenvalue weighted by atomic mass is 10.2. The zero-order valence-corrected chi connectivity index (χ0v) is 18.9. The number of rotatable bonds is 10. The maximum atomic E-state index is 13.0. The summed E-state index contributed by atoms with van der Waals surface area (Å²) >= 11 is 0. The highest BCUT2D eigenvalue weighted by atomic mass is 19.1. The molecule has 0 aliphatic rings. The Labute approximate surface area is 197 Å². The van der Waals surface area contributed by atoms with Crippen molar-refractivity contribution in [2.24, 2.45) is 5.10 Å². The van der Waals surface area contributed by atoms with Crippen LogP contribution >= 0.6 is 0 Å². The van der Waals surface area contributed by atoms with Crippen molar-refractivity contribution in [1.82, 2.24) is 5.43 Å². The summed E-state index contributed by atoms with van der Waals surface area (Å²) < 4.78 is 29.6. The van der Waals surface area contributed by atoms with Crippen LogP contribution in [0.1, 0.15) is 46.5 Å². The largest absolute Gasteiger partial charge is 0.494 e. The normalized spacial score (nSPS) is 10.7. The molecule has 0 saturated heterocycles. The number of nitrogens with one attached hydrogen (secondary N) is 1. The smallest absolute Gasteiger partial charge is 0.343 e. The molecule has 0 spiro atoms. The maximum absolute atomic E-state index is 13.0. The molecule has 0 bridgehead atoms. The lowest BCUT2D eigenvalue weighted by Crippen LogP contribution is -2.17. The minimum absolute atomic E-state index is 0.255. The van der Waals surface area contributed by atoms with E-state index in [-0.39, 0.29) is 11.3 Å². The number of ether oxygens (including phenoxy) is 3. The number of amides is 1. The Balaban J connectivity index is 1.66. The van der Waals surface area contributed by atoms with Gasteiger partial charge < -0.3 is 14.2 Å². The Morgan fingerprint density at radius 2 is 1.62 bits per heavy atom. The zero-order chi connectivity index (χ0) is 24.3. The summed E-state index contributed by atoms with van der Waals surface area (Å²) in [5.41, 5.74) is 3.64. The molecule has 0 radical (unpaired) electrons. The van der Waals surface area contributed by atoms with E-state index in [2.05, 4.69) is 10.5 Å². The molecule has 0 fully saturated rings. The van der Waals surface area contributed by atoms with E-state index in [1.165, 1.54) is 30.5 Å². The first-order valence-corrected chi connectivity index (χ1v) is 10.8. The molecule has 0 aliphatic carbocycles. The first kappa shape index (κ1) is 24.4. The minimum Gasteiger partial charge on any atom is -0.494 e. The van der Waals surface area contributed by atoms with Gasteiger partial charge in [-0.2, -0.15) is 5.10 Å². The Morgan fingerprint density at radius 1 is 0.912 bits per heavy atom. The van der Waals surface area contributed by atoms with Crippen LogP contribution in [0.5, 0.6) is 17.2 Å². The fourth-order valence-corrected chi connectivity index (χ4v) is 2.85. The van der Waals surface area contributed by atoms with Gasteiger partial charge in [-0.3, -0.25) is 4.79 Å². The molecule has 1 amide bonds. The monoisotopic (exact) mass is 464 g/mol. The van der Waals surface area contributed by atoms with E-state index in [4.69, 9.17) is 14.2 Å². The van der Waals surface area contributed by atoms with Gasteiger partial charge >= 0.3 is 5.97 Å². The summed E-state index contributed by atoms with van der Waals surface area (Å²) in [6.07, 6.45) is 2.32. The van der Waals surface area contributed by atoms with Gasteiger partial charge in [0.15, 0.2) is 11.5 Å². The van der Waals surface area contributed by atoms with Crippen LogP contribution in [0.15, 0.2) is 71.8 Å². The van der Waals surface area contributed by atoms with Gasteiger partial charge in [-0.15, -0.1) is 0 Å². The number of nitrogens with zero attached hydrogens (tertiary/aromatic N) is 1. The first-order chi connectivity index (χ1) is 16.5. The molecule has 8 heteroatoms. The molecule has 3 rings (SSSR count). The third-order valence-corrected chi connectivity index (χ3v) is 4.52. The second-order valence-electron chi connectivity index (χ2n) is 7.11. The van der Waals surface area contributed by atoms with Crippen molar-refractivity contribution in [2.75, 3.05) is 13.2 Å². The number of hydrogen-bond acceptors (Lipinski definition) is 6. The van der Waals surface area contributed by atoms with Gasteiger partial charge in [-0.25, -0.2) is 14.6 Å². The Kier molecular flexibility index (Phi) is 8.73. The van der Waals surface area contributed by atoms with E-state index in [1.807, 2.05) is 13.8 Å². The van der Waals surface area contributed by atoms with E-state index in [9.17, 15) is 14.0 Å². The highest BCUT2D eigenvalue weighted by Gasteiger charge is 2.13. The number of carbonyl (C=O) groups excluding carboxylic acids is 2. The number of carbonyl (C=O) groups is 2. The maximum Gasteiger partial charge on any atom is 0.343 e. The van der Waals surface area contributed by atoms with Crippen LogP contribution in [-0.2, 0) is 0 Å². The molecule has 3 aromatic rings. The molecule has 1 N–H and O–H groups in total. The van der Waals surface area contributed by atoms with Crippen LogP contribution in [0.3, 0.4) is 0 Å². The summed E-state index contributed by atoms with van der Waals surface area (Å²) in [6.45, 7) is 4.79. The number of hydrogen-bond donors (Lipinski definition) is 1. The predicted octanol–water partition coefficient (Wildman–Crippen LogP) is 5.00. The lowest BCUT2D eigenvalue weighted by molar-refractivity contribution is 0.0728. The van der Waals surface area contributed by atoms with Gasteiger partial charge in [-0.1, -0.05) is 6.92 Å². The molecule has 3 aromatic carbocycles. The highest BCUT2D eigenvalue weighted by molar-refractivity contribution is 5.95. The molecule has 7 nitrogen and oxygen atoms in total. The Hall–Kier alpha value is -4.20. The van der Waals surface area contributed by atoms with Crippen molar-refractivity contribution in [2.45, 2.75) is 20.3 Å². The van der Waals surface area contributed by atoms with E-state index >= 15 is 0 Å². The van der Waals surface area contributed by atoms with Crippen molar-refractivity contribution >= 4 is 18.1 Å². The van der Waals surface area contributed by atoms with Gasteiger partial charge in [0.25, 0.3) is 5.91 Å². The molecule has 176 valence electrons. The SMILES string of the molecule is CCCOc1ccc(C(=O)Oc2ccc(C=NNC(=O)c3ccc(F)cc3)cc2OCC)cc1. The van der Waals surface area contributed by atoms with Crippen molar-refractivity contribution in [3.8, 4) is 17.2 Å². The topological polar surface area (TPSA) is 86.2 Å². The molecule has 0 atom stereocenters. The third-order valence-electron chi connectivity index (χ3n) is 4.52. The second-order valence-corrected chi connectivity index (χ2v) is 7.11. The number of benzene rings is 3. The Morgan fingerprint density at radius 3 is 2.29 bits per heavy atom. The standard InChI is InChI=1S/C26H25FN2O5/c1-3-15-33-22-12-8-20(9-13-22)26(31)34-23-14-5-18(16-24(23)32-4-2)17-28-29-25(30)19-6-10-21(27)11-7-19/h5-14,16-17H,3-4,15H2,1-2H3,(H,29,30). The fourth-order valence-electron chi connectivity index (χ4n) is 2.85. The lowest BCUT2D eigenvalue weighted by Gasteiger charge is -2.12. The highest BCUT2D eigenvalue weighted by Crippen LogP contribution is 2.29. The van der Waals surface area contributed by atoms with E-state index < -0.39 is 17.7 Å². The van der Waals surface area contributed by atoms with Crippen LogP contribution in [0.4, 0.5) is 4.39 Å². The quantitative estimate of drug-likeness (QED) is 0.198. The molecular weight excluding hydrogens is 439 g/mol. The van der Waals surface area contributed by atoms with Crippen molar-refractivity contribution in [3.05, 3.63) is 89.2 Å². The summed E-state index contributed by atoms with van der Waals surface area (Å²) in [5.74, 6) is -0.141. The average Bonchev–Trinajstić information content (AvgIpc) is 2.85. The number of halogens is 1. The van der Waals surface area contributed by atoms with Crippen LogP contribution in [-0.4, -0.2) is 31.3 Å². The van der Waals surface area contributed by atoms with Gasteiger partial charge in [0.2, 0.25) is 0 Å². The van der Waals surface area contributed by atoms with Crippen LogP contribution < -0.4 is 19.6 Å². The van der Waals surface area contributed by atoms with Gasteiger partial charge in [0.1, 0.15) is 11.6 Å². The summed E-state index contributed by atoms with van der Waals surface area (Å²) in [6, 6.07) is 16.7.